The molecule has 0 heterocycles. The quantitative estimate of drug-likeness (QED) is 0.724. The van der Waals surface area contributed by atoms with Crippen molar-refractivity contribution in [2.45, 2.75) is 20.8 Å². The molecule has 0 saturated heterocycles. The minimum atomic E-state index is -0.0892. The molecular weight excluding hydrogens is 382 g/mol. The third kappa shape index (κ3) is 3.13. The molecule has 0 spiro atoms. The molecule has 2 aromatic rings. The molecule has 2 rings (SSSR count). The lowest BCUT2D eigenvalue weighted by atomic mass is 9.98. The number of carbonyl (C=O) groups excluding carboxylic acids is 1. The zero-order valence-electron chi connectivity index (χ0n) is 11.6. The third-order valence-electron chi connectivity index (χ3n) is 3.51. The summed E-state index contributed by atoms with van der Waals surface area (Å²) in [5.74, 6) is -0.0892. The molecule has 0 unspecified atom stereocenters. The van der Waals surface area contributed by atoms with E-state index < -0.39 is 0 Å². The molecule has 4 heteroatoms. The van der Waals surface area contributed by atoms with Crippen LogP contribution >= 0.6 is 31.9 Å². The van der Waals surface area contributed by atoms with Crippen LogP contribution in [0.5, 0.6) is 0 Å². The van der Waals surface area contributed by atoms with Crippen LogP contribution in [0.4, 0.5) is 5.69 Å². The van der Waals surface area contributed by atoms with Gasteiger partial charge in [0.2, 0.25) is 0 Å². The van der Waals surface area contributed by atoms with Gasteiger partial charge in [-0.1, -0.05) is 31.9 Å². The van der Waals surface area contributed by atoms with Gasteiger partial charge in [0, 0.05) is 20.2 Å². The second-order valence-electron chi connectivity index (χ2n) is 4.74. The van der Waals surface area contributed by atoms with Crippen molar-refractivity contribution >= 4 is 43.5 Å². The van der Waals surface area contributed by atoms with Crippen molar-refractivity contribution in [2.24, 2.45) is 0 Å². The summed E-state index contributed by atoms with van der Waals surface area (Å²) in [6.07, 6.45) is 0. The fourth-order valence-electron chi connectivity index (χ4n) is 1.97. The molecule has 1 amide bonds. The van der Waals surface area contributed by atoms with E-state index in [1.165, 1.54) is 5.56 Å². The van der Waals surface area contributed by atoms with Crippen molar-refractivity contribution in [3.05, 3.63) is 61.5 Å². The molecule has 0 aliphatic carbocycles. The fraction of sp³-hybridized carbons (Fsp3) is 0.188. The zero-order valence-corrected chi connectivity index (χ0v) is 14.7. The first-order valence-electron chi connectivity index (χ1n) is 6.23. The summed E-state index contributed by atoms with van der Waals surface area (Å²) in [6, 6.07) is 9.42. The van der Waals surface area contributed by atoms with Crippen LogP contribution in [-0.2, 0) is 0 Å². The lowest BCUT2D eigenvalue weighted by Crippen LogP contribution is -2.14. The topological polar surface area (TPSA) is 29.1 Å². The van der Waals surface area contributed by atoms with Crippen LogP contribution in [0.1, 0.15) is 27.0 Å². The van der Waals surface area contributed by atoms with Gasteiger partial charge < -0.3 is 5.32 Å². The van der Waals surface area contributed by atoms with E-state index in [1.54, 1.807) is 0 Å². The number of anilines is 1. The summed E-state index contributed by atoms with van der Waals surface area (Å²) < 4.78 is 1.95. The number of benzene rings is 2. The van der Waals surface area contributed by atoms with Crippen LogP contribution in [0.25, 0.3) is 0 Å². The second kappa shape index (κ2) is 6.10. The summed E-state index contributed by atoms with van der Waals surface area (Å²) >= 11 is 6.88. The first kappa shape index (κ1) is 15.3. The van der Waals surface area contributed by atoms with Crippen LogP contribution in [0, 0.1) is 20.8 Å². The lowest BCUT2D eigenvalue weighted by Gasteiger charge is -2.13. The summed E-state index contributed by atoms with van der Waals surface area (Å²) in [4.78, 5) is 12.4. The van der Waals surface area contributed by atoms with Crippen LogP contribution < -0.4 is 5.32 Å². The molecule has 0 aliphatic rings. The average Bonchev–Trinajstić information content (AvgIpc) is 2.43. The lowest BCUT2D eigenvalue weighted by molar-refractivity contribution is 0.102. The van der Waals surface area contributed by atoms with Crippen molar-refractivity contribution in [1.29, 1.82) is 0 Å². The Labute approximate surface area is 135 Å². The Morgan fingerprint density at radius 2 is 1.55 bits per heavy atom. The molecule has 0 radical (unpaired) electrons. The highest BCUT2D eigenvalue weighted by Gasteiger charge is 2.14. The fourth-order valence-corrected chi connectivity index (χ4v) is 2.76. The van der Waals surface area contributed by atoms with Gasteiger partial charge in [-0.2, -0.15) is 0 Å². The number of halogens is 2. The van der Waals surface area contributed by atoms with Crippen molar-refractivity contribution in [1.82, 2.24) is 0 Å². The van der Waals surface area contributed by atoms with E-state index >= 15 is 0 Å². The predicted octanol–water partition coefficient (Wildman–Crippen LogP) is 5.39. The number of carbonyl (C=O) groups is 1. The summed E-state index contributed by atoms with van der Waals surface area (Å²) in [5.41, 5.74) is 4.80. The largest absolute Gasteiger partial charge is 0.322 e. The van der Waals surface area contributed by atoms with E-state index in [1.807, 2.05) is 51.1 Å². The van der Waals surface area contributed by atoms with Crippen LogP contribution in [0.3, 0.4) is 0 Å². The summed E-state index contributed by atoms with van der Waals surface area (Å²) in [7, 11) is 0. The molecule has 0 bridgehead atoms. The van der Waals surface area contributed by atoms with Gasteiger partial charge in [0.25, 0.3) is 5.91 Å². The molecule has 1 N–H and O–H groups in total. The number of amides is 1. The highest BCUT2D eigenvalue weighted by atomic mass is 79.9. The average molecular weight is 397 g/mol. The van der Waals surface area contributed by atoms with Gasteiger partial charge in [-0.15, -0.1) is 0 Å². The Bertz CT molecular complexity index is 663. The maximum absolute atomic E-state index is 12.4. The maximum Gasteiger partial charge on any atom is 0.255 e. The molecule has 0 saturated carbocycles. The van der Waals surface area contributed by atoms with Gasteiger partial charge in [0.1, 0.15) is 0 Å². The van der Waals surface area contributed by atoms with E-state index in [9.17, 15) is 4.79 Å². The van der Waals surface area contributed by atoms with Crippen molar-refractivity contribution in [3.8, 4) is 0 Å². The van der Waals surface area contributed by atoms with Gasteiger partial charge in [-0.25, -0.2) is 0 Å². The Morgan fingerprint density at radius 1 is 0.950 bits per heavy atom. The molecule has 0 atom stereocenters. The van der Waals surface area contributed by atoms with Crippen molar-refractivity contribution < 1.29 is 4.79 Å². The monoisotopic (exact) mass is 395 g/mol. The van der Waals surface area contributed by atoms with Crippen LogP contribution in [0.2, 0.25) is 0 Å². The molecule has 2 aromatic carbocycles. The third-order valence-corrected chi connectivity index (χ3v) is 4.86. The van der Waals surface area contributed by atoms with Gasteiger partial charge in [0.05, 0.1) is 0 Å². The van der Waals surface area contributed by atoms with Gasteiger partial charge in [-0.3, -0.25) is 4.79 Å². The van der Waals surface area contributed by atoms with Gasteiger partial charge >= 0.3 is 0 Å². The van der Waals surface area contributed by atoms with E-state index in [0.29, 0.717) is 5.56 Å². The molecule has 2 nitrogen and oxygen atoms in total. The first-order chi connectivity index (χ1) is 9.40. The summed E-state index contributed by atoms with van der Waals surface area (Å²) in [6.45, 7) is 6.06. The maximum atomic E-state index is 12.4. The molecule has 0 aromatic heterocycles. The van der Waals surface area contributed by atoms with E-state index in [-0.39, 0.29) is 5.91 Å². The Balaban J connectivity index is 2.32. The molecule has 20 heavy (non-hydrogen) atoms. The van der Waals surface area contributed by atoms with E-state index in [4.69, 9.17) is 0 Å². The zero-order chi connectivity index (χ0) is 14.9. The highest BCUT2D eigenvalue weighted by molar-refractivity contribution is 9.10. The minimum Gasteiger partial charge on any atom is -0.322 e. The van der Waals surface area contributed by atoms with Crippen molar-refractivity contribution in [2.75, 3.05) is 5.32 Å². The number of hydrogen-bond donors (Lipinski definition) is 1. The van der Waals surface area contributed by atoms with Gasteiger partial charge in [0.15, 0.2) is 0 Å². The van der Waals surface area contributed by atoms with Crippen LogP contribution in [0.15, 0.2) is 39.3 Å². The first-order valence-corrected chi connectivity index (χ1v) is 7.82. The Hall–Kier alpha value is -1.13. The van der Waals surface area contributed by atoms with Gasteiger partial charge in [-0.05, 0) is 67.8 Å². The molecule has 0 aliphatic heterocycles. The smallest absolute Gasteiger partial charge is 0.255 e. The predicted molar refractivity (Wildman–Crippen MR) is 90.4 cm³/mol. The van der Waals surface area contributed by atoms with E-state index in [2.05, 4.69) is 37.2 Å². The molecular formula is C16H15Br2NO. The van der Waals surface area contributed by atoms with Crippen LogP contribution in [-0.4, -0.2) is 5.91 Å². The standard InChI is InChI=1S/C16H15Br2NO/c1-9-10(2)14(8-15(18)11(9)3)16(20)19-13-6-4-12(17)5-7-13/h4-8H,1-3H3,(H,19,20). The number of rotatable bonds is 2. The molecule has 0 fully saturated rings. The SMILES string of the molecule is Cc1c(Br)cc(C(=O)Nc2ccc(Br)cc2)c(C)c1C. The number of nitrogens with one attached hydrogen (secondary N) is 1. The molecule has 104 valence electrons. The second-order valence-corrected chi connectivity index (χ2v) is 6.51. The summed E-state index contributed by atoms with van der Waals surface area (Å²) in [5, 5.41) is 2.92. The number of hydrogen-bond acceptors (Lipinski definition) is 1. The Kier molecular flexibility index (Phi) is 4.66. The van der Waals surface area contributed by atoms with Crippen molar-refractivity contribution in [3.63, 3.8) is 0 Å². The minimum absolute atomic E-state index is 0.0892. The van der Waals surface area contributed by atoms with E-state index in [0.717, 1.165) is 25.8 Å². The normalized spacial score (nSPS) is 10.4. The highest BCUT2D eigenvalue weighted by Crippen LogP contribution is 2.26. The Morgan fingerprint density at radius 3 is 2.15 bits per heavy atom.